The maximum atomic E-state index is 10.3. The van der Waals surface area contributed by atoms with Crippen LogP contribution in [-0.2, 0) is 17.6 Å². The van der Waals surface area contributed by atoms with E-state index < -0.39 is 10.9 Å². The molecule has 0 saturated carbocycles. The molecule has 0 unspecified atom stereocenters. The third kappa shape index (κ3) is 6.22. The van der Waals surface area contributed by atoms with Crippen LogP contribution >= 0.6 is 0 Å². The SMILES string of the molecule is CCc1ccc([N+](=O)[O-])cc1.O=C(O)Cc1ccc([N+](=O)[O-])cc1. The van der Waals surface area contributed by atoms with Gasteiger partial charge in [-0.3, -0.25) is 25.0 Å². The summed E-state index contributed by atoms with van der Waals surface area (Å²) in [6, 6.07) is 12.1. The Hall–Kier alpha value is -3.29. The lowest BCUT2D eigenvalue weighted by Gasteiger charge is -1.95. The number of carboxylic acids is 1. The van der Waals surface area contributed by atoms with E-state index in [1.165, 1.54) is 36.4 Å². The monoisotopic (exact) mass is 332 g/mol. The first-order chi connectivity index (χ1) is 11.3. The zero-order valence-electron chi connectivity index (χ0n) is 12.9. The van der Waals surface area contributed by atoms with Crippen molar-refractivity contribution in [3.8, 4) is 0 Å². The molecule has 126 valence electrons. The Bertz CT molecular complexity index is 710. The van der Waals surface area contributed by atoms with Gasteiger partial charge in [-0.2, -0.15) is 0 Å². The van der Waals surface area contributed by atoms with Crippen molar-refractivity contribution in [1.82, 2.24) is 0 Å². The molecule has 1 N–H and O–H groups in total. The van der Waals surface area contributed by atoms with Gasteiger partial charge in [-0.05, 0) is 17.5 Å². The molecule has 0 atom stereocenters. The summed E-state index contributed by atoms with van der Waals surface area (Å²) in [4.78, 5) is 29.8. The van der Waals surface area contributed by atoms with Crippen LogP contribution in [0.2, 0.25) is 0 Å². The minimum atomic E-state index is -0.950. The molecule has 0 aliphatic carbocycles. The third-order valence-corrected chi connectivity index (χ3v) is 3.06. The summed E-state index contributed by atoms with van der Waals surface area (Å²) in [6.45, 7) is 2.02. The van der Waals surface area contributed by atoms with E-state index in [1.54, 1.807) is 12.1 Å². The first-order valence-corrected chi connectivity index (χ1v) is 7.02. The fourth-order valence-corrected chi connectivity index (χ4v) is 1.76. The Balaban J connectivity index is 0.000000243. The van der Waals surface area contributed by atoms with E-state index in [2.05, 4.69) is 0 Å². The van der Waals surface area contributed by atoms with Gasteiger partial charge in [0.2, 0.25) is 0 Å². The van der Waals surface area contributed by atoms with Gasteiger partial charge in [0.05, 0.1) is 16.3 Å². The predicted molar refractivity (Wildman–Crippen MR) is 86.9 cm³/mol. The Morgan fingerprint density at radius 3 is 1.54 bits per heavy atom. The highest BCUT2D eigenvalue weighted by Gasteiger charge is 2.05. The molecule has 0 spiro atoms. The summed E-state index contributed by atoms with van der Waals surface area (Å²) in [5, 5.41) is 28.8. The van der Waals surface area contributed by atoms with E-state index in [0.717, 1.165) is 12.0 Å². The second kappa shape index (κ2) is 8.99. The standard InChI is InChI=1S/C8H7NO4.C8H9NO2/c10-8(11)5-6-1-3-7(4-2-6)9(12)13;1-2-7-3-5-8(6-4-7)9(10)11/h1-4H,5H2,(H,10,11);3-6H,2H2,1H3. The highest BCUT2D eigenvalue weighted by Crippen LogP contribution is 2.12. The summed E-state index contributed by atoms with van der Waals surface area (Å²) in [5.74, 6) is -0.950. The highest BCUT2D eigenvalue weighted by atomic mass is 16.6. The molecule has 0 saturated heterocycles. The Kier molecular flexibility index (Phi) is 7.02. The largest absolute Gasteiger partial charge is 0.481 e. The van der Waals surface area contributed by atoms with Gasteiger partial charge in [0, 0.05) is 24.3 Å². The summed E-state index contributed by atoms with van der Waals surface area (Å²) < 4.78 is 0. The lowest BCUT2D eigenvalue weighted by molar-refractivity contribution is -0.385. The van der Waals surface area contributed by atoms with Crippen LogP contribution in [0.25, 0.3) is 0 Å². The van der Waals surface area contributed by atoms with E-state index in [1.807, 2.05) is 6.92 Å². The summed E-state index contributed by atoms with van der Waals surface area (Å²) >= 11 is 0. The van der Waals surface area contributed by atoms with Crippen molar-refractivity contribution in [2.75, 3.05) is 0 Å². The summed E-state index contributed by atoms with van der Waals surface area (Å²) in [7, 11) is 0. The average molecular weight is 332 g/mol. The number of nitro groups is 2. The van der Waals surface area contributed by atoms with Crippen LogP contribution < -0.4 is 0 Å². The van der Waals surface area contributed by atoms with Gasteiger partial charge in [-0.15, -0.1) is 0 Å². The lowest BCUT2D eigenvalue weighted by atomic mass is 10.1. The van der Waals surface area contributed by atoms with E-state index in [4.69, 9.17) is 5.11 Å². The average Bonchev–Trinajstić information content (AvgIpc) is 2.55. The molecule has 2 aromatic carbocycles. The molecule has 0 fully saturated rings. The number of non-ortho nitro benzene ring substituents is 2. The van der Waals surface area contributed by atoms with Gasteiger partial charge in [-0.25, -0.2) is 0 Å². The van der Waals surface area contributed by atoms with Crippen molar-refractivity contribution < 1.29 is 19.7 Å². The molecule has 0 aromatic heterocycles. The molecule has 0 radical (unpaired) electrons. The normalized spacial score (nSPS) is 9.54. The number of hydrogen-bond acceptors (Lipinski definition) is 5. The lowest BCUT2D eigenvalue weighted by Crippen LogP contribution is -1.99. The van der Waals surface area contributed by atoms with E-state index in [0.29, 0.717) is 5.56 Å². The second-order valence-corrected chi connectivity index (χ2v) is 4.77. The molecule has 0 aliphatic rings. The van der Waals surface area contributed by atoms with Crippen molar-refractivity contribution in [3.05, 3.63) is 79.9 Å². The number of hydrogen-bond donors (Lipinski definition) is 1. The van der Waals surface area contributed by atoms with Gasteiger partial charge < -0.3 is 5.11 Å². The van der Waals surface area contributed by atoms with Crippen molar-refractivity contribution in [2.24, 2.45) is 0 Å². The summed E-state index contributed by atoms with van der Waals surface area (Å²) in [5.41, 5.74) is 1.80. The molecule has 0 aliphatic heterocycles. The molecule has 8 nitrogen and oxygen atoms in total. The number of nitro benzene ring substituents is 2. The molecule has 24 heavy (non-hydrogen) atoms. The number of nitrogens with zero attached hydrogens (tertiary/aromatic N) is 2. The minimum absolute atomic E-state index is 0.0332. The van der Waals surface area contributed by atoms with Crippen LogP contribution in [0, 0.1) is 20.2 Å². The van der Waals surface area contributed by atoms with Crippen LogP contribution in [0.5, 0.6) is 0 Å². The van der Waals surface area contributed by atoms with Gasteiger partial charge in [0.25, 0.3) is 11.4 Å². The molecule has 8 heteroatoms. The number of carboxylic acid groups (broad SMARTS) is 1. The van der Waals surface area contributed by atoms with Crippen LogP contribution in [0.1, 0.15) is 18.1 Å². The van der Waals surface area contributed by atoms with Crippen LogP contribution in [-0.4, -0.2) is 20.9 Å². The van der Waals surface area contributed by atoms with Gasteiger partial charge in [-0.1, -0.05) is 31.2 Å². The molecular formula is C16H16N2O6. The topological polar surface area (TPSA) is 124 Å². The quantitative estimate of drug-likeness (QED) is 0.661. The third-order valence-electron chi connectivity index (χ3n) is 3.06. The highest BCUT2D eigenvalue weighted by molar-refractivity contribution is 5.70. The second-order valence-electron chi connectivity index (χ2n) is 4.77. The van der Waals surface area contributed by atoms with E-state index in [9.17, 15) is 25.0 Å². The maximum Gasteiger partial charge on any atom is 0.307 e. The number of carbonyl (C=O) groups is 1. The number of benzene rings is 2. The Morgan fingerprint density at radius 2 is 1.25 bits per heavy atom. The molecule has 0 bridgehead atoms. The summed E-state index contributed by atoms with van der Waals surface area (Å²) in [6.07, 6.45) is 0.802. The van der Waals surface area contributed by atoms with Crippen LogP contribution in [0.3, 0.4) is 0 Å². The molecular weight excluding hydrogens is 316 g/mol. The Labute approximate surface area is 137 Å². The van der Waals surface area contributed by atoms with Gasteiger partial charge in [0.1, 0.15) is 0 Å². The first-order valence-electron chi connectivity index (χ1n) is 7.02. The first kappa shape index (κ1) is 18.8. The van der Waals surface area contributed by atoms with E-state index in [-0.39, 0.29) is 22.7 Å². The molecule has 2 rings (SSSR count). The van der Waals surface area contributed by atoms with Crippen molar-refractivity contribution in [2.45, 2.75) is 19.8 Å². The van der Waals surface area contributed by atoms with Crippen molar-refractivity contribution in [1.29, 1.82) is 0 Å². The minimum Gasteiger partial charge on any atom is -0.481 e. The van der Waals surface area contributed by atoms with Crippen LogP contribution in [0.4, 0.5) is 11.4 Å². The van der Waals surface area contributed by atoms with Gasteiger partial charge >= 0.3 is 5.97 Å². The maximum absolute atomic E-state index is 10.3. The van der Waals surface area contributed by atoms with Crippen LogP contribution in [0.15, 0.2) is 48.5 Å². The molecule has 0 amide bonds. The fraction of sp³-hybridized carbons (Fsp3) is 0.188. The number of rotatable bonds is 5. The molecule has 2 aromatic rings. The fourth-order valence-electron chi connectivity index (χ4n) is 1.76. The number of aliphatic carboxylic acids is 1. The van der Waals surface area contributed by atoms with Gasteiger partial charge in [0.15, 0.2) is 0 Å². The number of aryl methyl sites for hydroxylation is 1. The van der Waals surface area contributed by atoms with E-state index >= 15 is 0 Å². The zero-order valence-corrected chi connectivity index (χ0v) is 12.9. The predicted octanol–water partition coefficient (Wildman–Crippen LogP) is 3.38. The van der Waals surface area contributed by atoms with Crippen molar-refractivity contribution in [3.63, 3.8) is 0 Å². The molecule has 0 heterocycles. The smallest absolute Gasteiger partial charge is 0.307 e. The van der Waals surface area contributed by atoms with Crippen molar-refractivity contribution >= 4 is 17.3 Å². The Morgan fingerprint density at radius 1 is 0.875 bits per heavy atom. The zero-order chi connectivity index (χ0) is 18.1.